The molecule has 0 fully saturated rings. The third-order valence-electron chi connectivity index (χ3n) is 9.30. The van der Waals surface area contributed by atoms with E-state index in [-0.39, 0.29) is 31.6 Å². The molecule has 0 saturated heterocycles. The molecule has 0 aliphatic heterocycles. The molecule has 5 rings (SSSR count). The second-order valence-corrected chi connectivity index (χ2v) is 15.8. The average molecular weight is 950 g/mol. The number of rotatable bonds is 19. The first-order valence-corrected chi connectivity index (χ1v) is 21.8. The molecule has 0 unspecified atom stereocenters. The molecular weight excluding hydrogens is 892 g/mol. The molecule has 0 bridgehead atoms. The van der Waals surface area contributed by atoms with Gasteiger partial charge >= 0.3 is 5.97 Å². The van der Waals surface area contributed by atoms with E-state index in [9.17, 15) is 33.6 Å². The molecule has 14 nitrogen and oxygen atoms in total. The zero-order chi connectivity index (χ0) is 47.4. The molecule has 0 aromatic heterocycles. The summed E-state index contributed by atoms with van der Waals surface area (Å²) in [5.74, 6) is -4.89. The lowest BCUT2D eigenvalue weighted by atomic mass is 10.0. The largest absolute Gasteiger partial charge is 0.480 e. The highest BCUT2D eigenvalue weighted by Crippen LogP contribution is 2.11. The molecule has 6 amide bonds. The first-order valence-electron chi connectivity index (χ1n) is 21.0. The summed E-state index contributed by atoms with van der Waals surface area (Å²) in [6, 6.07) is 41.7. The zero-order valence-corrected chi connectivity index (χ0v) is 38.4. The fraction of sp³-hybridized carbons (Fsp3) is 0.260. The second-order valence-electron chi connectivity index (χ2n) is 14.9. The van der Waals surface area contributed by atoms with Crippen molar-refractivity contribution in [3.8, 4) is 0 Å². The molecule has 7 N–H and O–H groups in total. The number of aryl methyl sites for hydroxylation is 4. The Morgan fingerprint density at radius 1 is 0.492 bits per heavy atom. The summed E-state index contributed by atoms with van der Waals surface area (Å²) < 4.78 is 1.14. The number of amides is 6. The van der Waals surface area contributed by atoms with E-state index in [1.807, 2.05) is 79.7 Å². The Morgan fingerprint density at radius 2 is 0.954 bits per heavy atom. The molecule has 342 valence electrons. The van der Waals surface area contributed by atoms with Gasteiger partial charge in [-0.3, -0.25) is 33.6 Å². The van der Waals surface area contributed by atoms with E-state index >= 15 is 0 Å². The third kappa shape index (κ3) is 23.2. The maximum absolute atomic E-state index is 13.3. The van der Waals surface area contributed by atoms with Crippen molar-refractivity contribution < 1.29 is 38.7 Å². The average Bonchev–Trinajstić information content (AvgIpc) is 3.30. The Morgan fingerprint density at radius 3 is 1.48 bits per heavy atom. The topological polar surface area (TPSA) is 212 Å². The van der Waals surface area contributed by atoms with Gasteiger partial charge in [-0.25, -0.2) is 0 Å². The van der Waals surface area contributed by atoms with Gasteiger partial charge in [0.2, 0.25) is 35.4 Å². The Balaban J connectivity index is 0.000000624. The van der Waals surface area contributed by atoms with Crippen molar-refractivity contribution in [1.82, 2.24) is 26.6 Å². The number of benzene rings is 5. The lowest BCUT2D eigenvalue weighted by Crippen LogP contribution is -2.53. The van der Waals surface area contributed by atoms with Crippen molar-refractivity contribution in [2.24, 2.45) is 0 Å². The highest BCUT2D eigenvalue weighted by Gasteiger charge is 2.25. The quantitative estimate of drug-likeness (QED) is 0.0541. The van der Waals surface area contributed by atoms with Crippen LogP contribution in [0.15, 0.2) is 144 Å². The number of carboxylic acids is 1. The van der Waals surface area contributed by atoms with E-state index in [1.54, 1.807) is 42.5 Å². The van der Waals surface area contributed by atoms with Crippen LogP contribution in [0.25, 0.3) is 0 Å². The number of nitrogens with one attached hydrogen (secondary N) is 6. The SMILES string of the molecule is Cc1ccc(Br)cc1.Cc1ccc(NC(=O)CCC(=O)N[C@H](CCc2ccccc2)C(=O)NCC(=O)N[C@H](Cc2ccccc2)C(=O)NCC(=O)NCC(=O)O)cc1.Cc1ccccc1. The van der Waals surface area contributed by atoms with Crippen LogP contribution in [0.4, 0.5) is 5.69 Å². The summed E-state index contributed by atoms with van der Waals surface area (Å²) in [4.78, 5) is 87.0. The van der Waals surface area contributed by atoms with Gasteiger partial charge < -0.3 is 37.0 Å². The number of carboxylic acid groups (broad SMARTS) is 1. The van der Waals surface area contributed by atoms with Gasteiger partial charge in [0.15, 0.2) is 0 Å². The lowest BCUT2D eigenvalue weighted by molar-refractivity contribution is -0.138. The van der Waals surface area contributed by atoms with Gasteiger partial charge in [0.25, 0.3) is 0 Å². The molecular formula is C50H57BrN6O8. The molecule has 2 atom stereocenters. The van der Waals surface area contributed by atoms with Crippen molar-refractivity contribution in [2.75, 3.05) is 25.0 Å². The van der Waals surface area contributed by atoms with E-state index in [4.69, 9.17) is 5.11 Å². The number of halogens is 1. The zero-order valence-electron chi connectivity index (χ0n) is 36.8. The minimum atomic E-state index is -1.25. The smallest absolute Gasteiger partial charge is 0.322 e. The Labute approximate surface area is 388 Å². The second kappa shape index (κ2) is 29.3. The van der Waals surface area contributed by atoms with Crippen LogP contribution in [-0.2, 0) is 46.4 Å². The Bertz CT molecular complexity index is 2240. The van der Waals surface area contributed by atoms with Gasteiger partial charge in [-0.15, -0.1) is 0 Å². The first kappa shape index (κ1) is 52.2. The number of anilines is 1. The fourth-order valence-electron chi connectivity index (χ4n) is 5.77. The lowest BCUT2D eigenvalue weighted by Gasteiger charge is -2.21. The predicted molar refractivity (Wildman–Crippen MR) is 255 cm³/mol. The molecule has 0 aliphatic rings. The number of hydrogen-bond donors (Lipinski definition) is 7. The Kier molecular flexibility index (Phi) is 23.5. The molecule has 0 saturated carbocycles. The predicted octanol–water partition coefficient (Wildman–Crippen LogP) is 5.74. The van der Waals surface area contributed by atoms with Gasteiger partial charge in [0.1, 0.15) is 18.6 Å². The molecule has 15 heteroatoms. The third-order valence-corrected chi connectivity index (χ3v) is 9.83. The highest BCUT2D eigenvalue weighted by molar-refractivity contribution is 9.10. The minimum Gasteiger partial charge on any atom is -0.480 e. The molecule has 5 aromatic rings. The van der Waals surface area contributed by atoms with Crippen LogP contribution in [0.3, 0.4) is 0 Å². The van der Waals surface area contributed by atoms with E-state index in [2.05, 4.69) is 85.9 Å². The summed E-state index contributed by atoms with van der Waals surface area (Å²) in [6.45, 7) is 4.43. The maximum atomic E-state index is 13.3. The molecule has 0 heterocycles. The van der Waals surface area contributed by atoms with E-state index in [0.717, 1.165) is 15.6 Å². The molecule has 65 heavy (non-hydrogen) atoms. The van der Waals surface area contributed by atoms with Crippen LogP contribution >= 0.6 is 15.9 Å². The van der Waals surface area contributed by atoms with Crippen LogP contribution in [0, 0.1) is 20.8 Å². The van der Waals surface area contributed by atoms with Gasteiger partial charge in [0, 0.05) is 29.4 Å². The van der Waals surface area contributed by atoms with Crippen molar-refractivity contribution in [2.45, 2.75) is 65.0 Å². The maximum Gasteiger partial charge on any atom is 0.322 e. The number of carbonyl (C=O) groups excluding carboxylic acids is 6. The summed E-state index contributed by atoms with van der Waals surface area (Å²) in [6.07, 6.45) is 0.440. The molecule has 0 aliphatic carbocycles. The summed E-state index contributed by atoms with van der Waals surface area (Å²) >= 11 is 3.35. The van der Waals surface area contributed by atoms with E-state index in [0.29, 0.717) is 17.7 Å². The first-order chi connectivity index (χ1) is 31.2. The summed E-state index contributed by atoms with van der Waals surface area (Å²) in [7, 11) is 0. The van der Waals surface area contributed by atoms with Crippen LogP contribution in [0.1, 0.15) is 47.1 Å². The fourth-order valence-corrected chi connectivity index (χ4v) is 6.03. The van der Waals surface area contributed by atoms with Crippen LogP contribution < -0.4 is 31.9 Å². The van der Waals surface area contributed by atoms with Gasteiger partial charge in [-0.2, -0.15) is 0 Å². The number of hydrogen-bond acceptors (Lipinski definition) is 7. The van der Waals surface area contributed by atoms with Gasteiger partial charge in [-0.1, -0.05) is 148 Å². The van der Waals surface area contributed by atoms with Gasteiger partial charge in [0.05, 0.1) is 13.1 Å². The summed E-state index contributed by atoms with van der Waals surface area (Å²) in [5, 5.41) is 23.7. The van der Waals surface area contributed by atoms with E-state index in [1.165, 1.54) is 11.1 Å². The van der Waals surface area contributed by atoms with Crippen molar-refractivity contribution >= 4 is 63.0 Å². The van der Waals surface area contributed by atoms with Crippen LogP contribution in [0.5, 0.6) is 0 Å². The molecule has 5 aromatic carbocycles. The van der Waals surface area contributed by atoms with Crippen molar-refractivity contribution in [1.29, 1.82) is 0 Å². The van der Waals surface area contributed by atoms with Crippen LogP contribution in [-0.4, -0.2) is 78.2 Å². The summed E-state index contributed by atoms with van der Waals surface area (Å²) in [5.41, 5.74) is 5.90. The molecule has 0 radical (unpaired) electrons. The number of carbonyl (C=O) groups is 7. The molecule has 0 spiro atoms. The number of aliphatic carboxylic acids is 1. The van der Waals surface area contributed by atoms with Gasteiger partial charge in [-0.05, 0) is 69.0 Å². The van der Waals surface area contributed by atoms with Crippen molar-refractivity contribution in [3.05, 3.63) is 172 Å². The monoisotopic (exact) mass is 948 g/mol. The normalized spacial score (nSPS) is 11.0. The Hall–Kier alpha value is -7.13. The highest BCUT2D eigenvalue weighted by atomic mass is 79.9. The minimum absolute atomic E-state index is 0.0658. The van der Waals surface area contributed by atoms with Crippen molar-refractivity contribution in [3.63, 3.8) is 0 Å². The van der Waals surface area contributed by atoms with Crippen LogP contribution in [0.2, 0.25) is 0 Å². The standard InChI is InChI=1S/C36H42N6O8.C7H7Br.C7H8/c1-24-12-15-27(16-13-24)40-30(43)18-19-31(44)41-28(17-14-25-8-4-2-5-9-25)35(49)39-22-33(46)42-29(20-26-10-6-3-7-11-26)36(50)38-21-32(45)37-23-34(47)48;1-6-2-4-7(8)5-3-6;1-7-5-3-2-4-6-7/h2-13,15-16,28-29H,14,17-23H2,1H3,(H,37,45)(H,38,50)(H,39,49)(H,40,43)(H,41,44)(H,42,46)(H,47,48);2-5H,1H3;2-6H,1H3/t28-,29-;;/m1../s1. The van der Waals surface area contributed by atoms with E-state index < -0.39 is 67.2 Å².